The SMILES string of the molecule is C=C(C)C(=[O+])O[NH2+]C1CCCCC1. The van der Waals surface area contributed by atoms with Crippen LogP contribution >= 0.6 is 0 Å². The lowest BCUT2D eigenvalue weighted by molar-refractivity contribution is -0.896. The molecule has 0 atom stereocenters. The summed E-state index contributed by atoms with van der Waals surface area (Å²) in [6.07, 6.45) is 6.14. The molecule has 0 unspecified atom stereocenters. The van der Waals surface area contributed by atoms with E-state index in [1.807, 2.05) is 0 Å². The fraction of sp³-hybridized carbons (Fsp3) is 0.700. The fourth-order valence-corrected chi connectivity index (χ4v) is 1.53. The molecule has 0 saturated heterocycles. The molecule has 0 aromatic heterocycles. The Balaban J connectivity index is 2.17. The summed E-state index contributed by atoms with van der Waals surface area (Å²) in [6.45, 7) is 5.19. The molecule has 1 aliphatic carbocycles. The van der Waals surface area contributed by atoms with Crippen molar-refractivity contribution in [1.29, 1.82) is 0 Å². The summed E-state index contributed by atoms with van der Waals surface area (Å²) in [5.74, 6) is -0.300. The molecule has 1 saturated carbocycles. The van der Waals surface area contributed by atoms with Gasteiger partial charge in [0.2, 0.25) is 0 Å². The molecule has 1 radical (unpaired) electrons. The Morgan fingerprint density at radius 3 is 2.54 bits per heavy atom. The van der Waals surface area contributed by atoms with Crippen molar-refractivity contribution >= 4 is 5.97 Å². The lowest BCUT2D eigenvalue weighted by atomic mass is 9.96. The van der Waals surface area contributed by atoms with Crippen LogP contribution in [-0.2, 0) is 9.63 Å². The van der Waals surface area contributed by atoms with Crippen molar-refractivity contribution < 1.29 is 15.1 Å². The van der Waals surface area contributed by atoms with Gasteiger partial charge in [-0.1, -0.05) is 23.3 Å². The van der Waals surface area contributed by atoms with Crippen LogP contribution in [0.4, 0.5) is 0 Å². The molecule has 3 heteroatoms. The second-order valence-corrected chi connectivity index (χ2v) is 3.72. The smallest absolute Gasteiger partial charge is 0.0841 e. The molecule has 1 aliphatic rings. The molecule has 0 heterocycles. The number of nitrogens with two attached hydrogens (primary N) is 1. The van der Waals surface area contributed by atoms with E-state index < -0.39 is 0 Å². The molecular formula is C10H18NO2+2. The molecule has 73 valence electrons. The molecule has 1 fully saturated rings. The van der Waals surface area contributed by atoms with Gasteiger partial charge in [-0.2, -0.15) is 0 Å². The van der Waals surface area contributed by atoms with Gasteiger partial charge in [0.15, 0.2) is 0 Å². The summed E-state index contributed by atoms with van der Waals surface area (Å²) in [4.78, 5) is 16.0. The molecule has 1 rings (SSSR count). The van der Waals surface area contributed by atoms with Crippen LogP contribution in [0.3, 0.4) is 0 Å². The van der Waals surface area contributed by atoms with E-state index in [0.29, 0.717) is 11.6 Å². The summed E-state index contributed by atoms with van der Waals surface area (Å²) in [5, 5.41) is 0. The van der Waals surface area contributed by atoms with Crippen LogP contribution in [0.15, 0.2) is 12.2 Å². The zero-order valence-corrected chi connectivity index (χ0v) is 8.21. The summed E-state index contributed by atoms with van der Waals surface area (Å²) in [5.41, 5.74) is 2.16. The minimum Gasteiger partial charge on any atom is -0.0841 e. The van der Waals surface area contributed by atoms with Gasteiger partial charge in [-0.15, -0.1) is 0 Å². The second-order valence-electron chi connectivity index (χ2n) is 3.72. The monoisotopic (exact) mass is 184 g/mol. The average molecular weight is 184 g/mol. The maximum atomic E-state index is 11.0. The van der Waals surface area contributed by atoms with Gasteiger partial charge in [-0.3, -0.25) is 0 Å². The Hall–Kier alpha value is -0.830. The van der Waals surface area contributed by atoms with Crippen LogP contribution in [-0.4, -0.2) is 12.0 Å². The summed E-state index contributed by atoms with van der Waals surface area (Å²) >= 11 is 0. The van der Waals surface area contributed by atoms with Crippen LogP contribution in [0, 0.1) is 0 Å². The summed E-state index contributed by atoms with van der Waals surface area (Å²) < 4.78 is 0. The maximum Gasteiger partial charge on any atom is 0.665 e. The average Bonchev–Trinajstić information content (AvgIpc) is 2.15. The van der Waals surface area contributed by atoms with E-state index in [1.54, 1.807) is 12.4 Å². The number of hydrogen-bond acceptors (Lipinski definition) is 2. The van der Waals surface area contributed by atoms with Gasteiger partial charge in [0.25, 0.3) is 0 Å². The fourth-order valence-electron chi connectivity index (χ4n) is 1.53. The first-order valence-electron chi connectivity index (χ1n) is 4.90. The van der Waals surface area contributed by atoms with E-state index in [4.69, 9.17) is 4.84 Å². The Kier molecular flexibility index (Phi) is 3.96. The number of rotatable bonds is 3. The van der Waals surface area contributed by atoms with E-state index >= 15 is 0 Å². The van der Waals surface area contributed by atoms with E-state index in [0.717, 1.165) is 12.8 Å². The quantitative estimate of drug-likeness (QED) is 0.402. The molecule has 2 N–H and O–H groups in total. The third kappa shape index (κ3) is 3.59. The molecule has 3 nitrogen and oxygen atoms in total. The highest BCUT2D eigenvalue weighted by Gasteiger charge is 2.26. The molecule has 13 heavy (non-hydrogen) atoms. The molecule has 0 aliphatic heterocycles. The van der Waals surface area contributed by atoms with Crippen LogP contribution in [0.1, 0.15) is 39.0 Å². The molecule has 0 bridgehead atoms. The predicted molar refractivity (Wildman–Crippen MR) is 49.7 cm³/mol. The van der Waals surface area contributed by atoms with Gasteiger partial charge in [-0.25, -0.2) is 0 Å². The van der Waals surface area contributed by atoms with Crippen LogP contribution in [0.25, 0.3) is 0 Å². The molecule has 0 spiro atoms. The normalized spacial score (nSPS) is 18.2. The largest absolute Gasteiger partial charge is 0.665 e. The minimum atomic E-state index is -0.300. The van der Waals surface area contributed by atoms with Gasteiger partial charge in [0.1, 0.15) is 11.6 Å². The molecule has 0 aromatic carbocycles. The summed E-state index contributed by atoms with van der Waals surface area (Å²) in [7, 11) is 0. The Labute approximate surface area is 79.1 Å². The number of quaternary nitrogens is 1. The summed E-state index contributed by atoms with van der Waals surface area (Å²) in [6, 6.07) is 0.469. The Morgan fingerprint density at radius 2 is 2.00 bits per heavy atom. The first-order chi connectivity index (χ1) is 6.20. The zero-order chi connectivity index (χ0) is 9.68. The van der Waals surface area contributed by atoms with Crippen LogP contribution < -0.4 is 5.48 Å². The number of hydrogen-bond donors (Lipinski definition) is 1. The van der Waals surface area contributed by atoms with Crippen LogP contribution in [0.5, 0.6) is 0 Å². The van der Waals surface area contributed by atoms with Gasteiger partial charge in [0.05, 0.1) is 4.79 Å². The van der Waals surface area contributed by atoms with E-state index in [1.165, 1.54) is 19.3 Å². The lowest BCUT2D eigenvalue weighted by Crippen LogP contribution is -2.90. The Morgan fingerprint density at radius 1 is 1.38 bits per heavy atom. The highest BCUT2D eigenvalue weighted by Crippen LogP contribution is 2.14. The first kappa shape index (κ1) is 10.3. The molecule has 0 amide bonds. The van der Waals surface area contributed by atoms with Gasteiger partial charge >= 0.3 is 5.97 Å². The van der Waals surface area contributed by atoms with Crippen molar-refractivity contribution in [2.75, 3.05) is 0 Å². The topological polar surface area (TPSA) is 45.7 Å². The third-order valence-corrected chi connectivity index (χ3v) is 2.37. The van der Waals surface area contributed by atoms with Crippen molar-refractivity contribution in [2.45, 2.75) is 45.1 Å². The van der Waals surface area contributed by atoms with Gasteiger partial charge in [0, 0.05) is 12.8 Å². The first-order valence-corrected chi connectivity index (χ1v) is 4.90. The second kappa shape index (κ2) is 5.02. The zero-order valence-electron chi connectivity index (χ0n) is 8.21. The third-order valence-electron chi connectivity index (χ3n) is 2.37. The van der Waals surface area contributed by atoms with Gasteiger partial charge in [-0.05, 0) is 19.8 Å². The number of carbonyl (C=O) groups excluding carboxylic acids is 1. The lowest BCUT2D eigenvalue weighted by Gasteiger charge is -2.14. The maximum absolute atomic E-state index is 11.0. The van der Waals surface area contributed by atoms with Crippen molar-refractivity contribution in [3.05, 3.63) is 12.2 Å². The minimum absolute atomic E-state index is 0.300. The van der Waals surface area contributed by atoms with Gasteiger partial charge < -0.3 is 0 Å². The van der Waals surface area contributed by atoms with Crippen molar-refractivity contribution in [1.82, 2.24) is 0 Å². The molecular weight excluding hydrogens is 166 g/mol. The van der Waals surface area contributed by atoms with Crippen molar-refractivity contribution in [2.24, 2.45) is 0 Å². The predicted octanol–water partition coefficient (Wildman–Crippen LogP) is 0.917. The number of hydroxylamine groups is 1. The van der Waals surface area contributed by atoms with Crippen molar-refractivity contribution in [3.63, 3.8) is 0 Å². The highest BCUT2D eigenvalue weighted by molar-refractivity contribution is 5.86. The van der Waals surface area contributed by atoms with E-state index in [9.17, 15) is 4.79 Å². The molecule has 0 aromatic rings. The van der Waals surface area contributed by atoms with Crippen LogP contribution in [0.2, 0.25) is 0 Å². The standard InChI is InChI=1S/C10H17NO2/c1-8(2)10(12)13-11-9-6-4-3-5-7-9/h9,11H,1,3-7H2,2H3/q+1/p+1. The van der Waals surface area contributed by atoms with E-state index in [2.05, 4.69) is 6.58 Å². The van der Waals surface area contributed by atoms with E-state index in [-0.39, 0.29) is 5.97 Å². The Bertz CT molecular complexity index is 195. The highest BCUT2D eigenvalue weighted by atomic mass is 16.7. The number of carbonyl (C=O) groups is 1. The van der Waals surface area contributed by atoms with Crippen molar-refractivity contribution in [3.8, 4) is 0 Å².